The Bertz CT molecular complexity index is 545. The van der Waals surface area contributed by atoms with Gasteiger partial charge in [0.1, 0.15) is 17.2 Å². The highest BCUT2D eigenvalue weighted by Gasteiger charge is 2.41. The van der Waals surface area contributed by atoms with Crippen LogP contribution in [0, 0.1) is 18.3 Å². The molecule has 86 valence electrons. The quantitative estimate of drug-likeness (QED) is 0.693. The predicted molar refractivity (Wildman–Crippen MR) is 63.9 cm³/mol. The van der Waals surface area contributed by atoms with Crippen LogP contribution in [0.2, 0.25) is 0 Å². The van der Waals surface area contributed by atoms with Crippen molar-refractivity contribution in [1.29, 1.82) is 5.26 Å². The second-order valence-electron chi connectivity index (χ2n) is 4.63. The molecule has 0 bridgehead atoms. The third-order valence-electron chi connectivity index (χ3n) is 2.86. The van der Waals surface area contributed by atoms with E-state index in [2.05, 4.69) is 0 Å². The van der Waals surface area contributed by atoms with E-state index in [0.29, 0.717) is 5.57 Å². The molecule has 1 aromatic rings. The first-order chi connectivity index (χ1) is 7.95. The highest BCUT2D eigenvalue weighted by molar-refractivity contribution is 6.07. The van der Waals surface area contributed by atoms with Crippen LogP contribution in [0.25, 0.3) is 5.57 Å². The van der Waals surface area contributed by atoms with Crippen LogP contribution in [0.3, 0.4) is 0 Å². The van der Waals surface area contributed by atoms with E-state index in [1.54, 1.807) is 13.8 Å². The molecule has 3 heteroatoms. The van der Waals surface area contributed by atoms with Gasteiger partial charge >= 0.3 is 5.97 Å². The van der Waals surface area contributed by atoms with Crippen molar-refractivity contribution in [2.24, 2.45) is 0 Å². The summed E-state index contributed by atoms with van der Waals surface area (Å²) in [5.41, 5.74) is 2.04. The molecule has 0 saturated heterocycles. The largest absolute Gasteiger partial charge is 0.451 e. The van der Waals surface area contributed by atoms with Crippen molar-refractivity contribution in [3.8, 4) is 6.07 Å². The number of cyclic esters (lactones) is 1. The van der Waals surface area contributed by atoms with Crippen molar-refractivity contribution in [2.45, 2.75) is 26.4 Å². The monoisotopic (exact) mass is 227 g/mol. The van der Waals surface area contributed by atoms with Crippen LogP contribution < -0.4 is 0 Å². The molecule has 0 unspecified atom stereocenters. The summed E-state index contributed by atoms with van der Waals surface area (Å²) in [6.07, 6.45) is 0. The molecule has 0 aromatic heterocycles. The summed E-state index contributed by atoms with van der Waals surface area (Å²) in [6, 6.07) is 9.66. The minimum Gasteiger partial charge on any atom is -0.451 e. The van der Waals surface area contributed by atoms with Gasteiger partial charge in [-0.05, 0) is 26.3 Å². The highest BCUT2D eigenvalue weighted by Crippen LogP contribution is 2.39. The van der Waals surface area contributed by atoms with Gasteiger partial charge in [-0.1, -0.05) is 29.8 Å². The number of nitrogens with zero attached hydrogens (tertiary/aromatic N) is 1. The zero-order valence-electron chi connectivity index (χ0n) is 10.1. The summed E-state index contributed by atoms with van der Waals surface area (Å²) in [5, 5.41) is 9.05. The molecule has 0 N–H and O–H groups in total. The first-order valence-electron chi connectivity index (χ1n) is 5.41. The highest BCUT2D eigenvalue weighted by atomic mass is 16.6. The average molecular weight is 227 g/mol. The summed E-state index contributed by atoms with van der Waals surface area (Å²) in [7, 11) is 0. The normalized spacial score (nSPS) is 17.9. The molecule has 2 rings (SSSR count). The molecule has 17 heavy (non-hydrogen) atoms. The third-order valence-corrected chi connectivity index (χ3v) is 2.86. The van der Waals surface area contributed by atoms with Crippen molar-refractivity contribution in [1.82, 2.24) is 0 Å². The Kier molecular flexibility index (Phi) is 2.51. The van der Waals surface area contributed by atoms with Gasteiger partial charge in [0.2, 0.25) is 0 Å². The molecule has 0 atom stereocenters. The molecule has 0 aliphatic carbocycles. The van der Waals surface area contributed by atoms with Gasteiger partial charge in [0.05, 0.1) is 0 Å². The maximum Gasteiger partial charge on any atom is 0.350 e. The SMILES string of the molecule is Cc1ccc(C2=C(C#N)C(=O)OC2(C)C)cc1. The molecule has 3 nitrogen and oxygen atoms in total. The van der Waals surface area contributed by atoms with Crippen LogP contribution in [0.5, 0.6) is 0 Å². The standard InChI is InChI=1S/C14H13NO2/c1-9-4-6-10(7-5-9)12-11(8-15)13(16)17-14(12,2)3/h4-7H,1-3H3. The molecule has 0 radical (unpaired) electrons. The van der Waals surface area contributed by atoms with Crippen LogP contribution in [-0.4, -0.2) is 11.6 Å². The van der Waals surface area contributed by atoms with Crippen molar-refractivity contribution in [3.05, 3.63) is 41.0 Å². The van der Waals surface area contributed by atoms with Crippen molar-refractivity contribution in [3.63, 3.8) is 0 Å². The van der Waals surface area contributed by atoms with E-state index in [1.807, 2.05) is 37.3 Å². The van der Waals surface area contributed by atoms with Crippen molar-refractivity contribution in [2.75, 3.05) is 0 Å². The Morgan fingerprint density at radius 1 is 1.24 bits per heavy atom. The zero-order chi connectivity index (χ0) is 12.6. The Labute approximate surface area is 100 Å². The number of hydrogen-bond donors (Lipinski definition) is 0. The average Bonchev–Trinajstić information content (AvgIpc) is 2.49. The van der Waals surface area contributed by atoms with E-state index in [9.17, 15) is 4.79 Å². The van der Waals surface area contributed by atoms with E-state index < -0.39 is 11.6 Å². The van der Waals surface area contributed by atoms with E-state index >= 15 is 0 Å². The molecular weight excluding hydrogens is 214 g/mol. The summed E-state index contributed by atoms with van der Waals surface area (Å²) in [4.78, 5) is 11.6. The minimum absolute atomic E-state index is 0.110. The Morgan fingerprint density at radius 3 is 2.35 bits per heavy atom. The second-order valence-corrected chi connectivity index (χ2v) is 4.63. The van der Waals surface area contributed by atoms with Gasteiger partial charge in [-0.3, -0.25) is 0 Å². The molecule has 0 fully saturated rings. The topological polar surface area (TPSA) is 50.1 Å². The van der Waals surface area contributed by atoms with E-state index in [1.165, 1.54) is 0 Å². The van der Waals surface area contributed by atoms with Gasteiger partial charge in [-0.25, -0.2) is 4.79 Å². The third kappa shape index (κ3) is 1.83. The summed E-state index contributed by atoms with van der Waals surface area (Å²) in [5.74, 6) is -0.534. The van der Waals surface area contributed by atoms with Gasteiger partial charge in [-0.2, -0.15) is 5.26 Å². The number of carbonyl (C=O) groups excluding carboxylic acids is 1. The molecule has 1 heterocycles. The van der Waals surface area contributed by atoms with Gasteiger partial charge < -0.3 is 4.74 Å². The lowest BCUT2D eigenvalue weighted by atomic mass is 9.89. The number of aryl methyl sites for hydroxylation is 1. The second kappa shape index (κ2) is 3.74. The van der Waals surface area contributed by atoms with E-state index in [-0.39, 0.29) is 5.57 Å². The smallest absolute Gasteiger partial charge is 0.350 e. The number of benzene rings is 1. The fraction of sp³-hybridized carbons (Fsp3) is 0.286. The molecular formula is C14H13NO2. The van der Waals surface area contributed by atoms with Gasteiger partial charge in [0.15, 0.2) is 0 Å². The lowest BCUT2D eigenvalue weighted by Gasteiger charge is -2.21. The van der Waals surface area contributed by atoms with Crippen molar-refractivity contribution >= 4 is 11.5 Å². The Hall–Kier alpha value is -2.08. The lowest BCUT2D eigenvalue weighted by Crippen LogP contribution is -2.22. The maximum atomic E-state index is 11.6. The minimum atomic E-state index is -0.739. The molecule has 0 saturated carbocycles. The number of esters is 1. The first kappa shape index (κ1) is 11.4. The number of hydrogen-bond acceptors (Lipinski definition) is 3. The fourth-order valence-corrected chi connectivity index (χ4v) is 2.05. The number of ether oxygens (including phenoxy) is 1. The number of rotatable bonds is 1. The number of carbonyl (C=O) groups is 1. The van der Waals surface area contributed by atoms with E-state index in [4.69, 9.17) is 10.00 Å². The number of nitriles is 1. The molecule has 1 aliphatic rings. The Morgan fingerprint density at radius 2 is 1.82 bits per heavy atom. The van der Waals surface area contributed by atoms with Gasteiger partial charge in [0.25, 0.3) is 0 Å². The van der Waals surface area contributed by atoms with Gasteiger partial charge in [0, 0.05) is 5.57 Å². The fourth-order valence-electron chi connectivity index (χ4n) is 2.05. The van der Waals surface area contributed by atoms with Crippen LogP contribution in [0.15, 0.2) is 29.8 Å². The molecule has 1 aromatic carbocycles. The van der Waals surface area contributed by atoms with Crippen LogP contribution in [-0.2, 0) is 9.53 Å². The first-order valence-corrected chi connectivity index (χ1v) is 5.41. The summed E-state index contributed by atoms with van der Waals surface area (Å²) >= 11 is 0. The zero-order valence-corrected chi connectivity index (χ0v) is 10.1. The van der Waals surface area contributed by atoms with Crippen LogP contribution in [0.4, 0.5) is 0 Å². The molecule has 1 aliphatic heterocycles. The predicted octanol–water partition coefficient (Wildman–Crippen LogP) is 2.61. The summed E-state index contributed by atoms with van der Waals surface area (Å²) in [6.45, 7) is 5.58. The van der Waals surface area contributed by atoms with Crippen molar-refractivity contribution < 1.29 is 9.53 Å². The lowest BCUT2D eigenvalue weighted by molar-refractivity contribution is -0.143. The summed E-state index contributed by atoms with van der Waals surface area (Å²) < 4.78 is 5.21. The molecule has 0 amide bonds. The molecule has 0 spiro atoms. The van der Waals surface area contributed by atoms with E-state index in [0.717, 1.165) is 11.1 Å². The Balaban J connectivity index is 2.62. The maximum absolute atomic E-state index is 11.6. The van der Waals surface area contributed by atoms with Gasteiger partial charge in [-0.15, -0.1) is 0 Å². The van der Waals surface area contributed by atoms with Crippen LogP contribution in [0.1, 0.15) is 25.0 Å². The van der Waals surface area contributed by atoms with Crippen LogP contribution >= 0.6 is 0 Å².